The van der Waals surface area contributed by atoms with Crippen molar-refractivity contribution < 1.29 is 24.4 Å². The number of ether oxygens (including phenoxy) is 3. The highest BCUT2D eigenvalue weighted by Crippen LogP contribution is 2.41. The Labute approximate surface area is 135 Å². The van der Waals surface area contributed by atoms with Gasteiger partial charge < -0.3 is 24.4 Å². The second-order valence-electron chi connectivity index (χ2n) is 5.72. The molecule has 0 bridgehead atoms. The van der Waals surface area contributed by atoms with Crippen molar-refractivity contribution in [2.24, 2.45) is 0 Å². The third-order valence-electron chi connectivity index (χ3n) is 4.17. The maximum absolute atomic E-state index is 10.9. The average Bonchev–Trinajstić information content (AvgIpc) is 2.59. The Kier molecular flexibility index (Phi) is 4.15. The van der Waals surface area contributed by atoms with E-state index in [0.717, 1.165) is 11.3 Å². The van der Waals surface area contributed by atoms with Crippen LogP contribution in [0.4, 0.5) is 0 Å². The lowest BCUT2D eigenvalue weighted by Crippen LogP contribution is -2.47. The van der Waals surface area contributed by atoms with E-state index in [0.29, 0.717) is 17.1 Å². The Morgan fingerprint density at radius 2 is 1.74 bits per heavy atom. The number of aliphatic hydroxyl groups is 2. The smallest absolute Gasteiger partial charge is 0.133 e. The zero-order valence-electron chi connectivity index (χ0n) is 13.2. The van der Waals surface area contributed by atoms with Gasteiger partial charge in [-0.1, -0.05) is 12.1 Å². The van der Waals surface area contributed by atoms with Gasteiger partial charge in [-0.05, 0) is 29.8 Å². The minimum atomic E-state index is -1.38. The predicted molar refractivity (Wildman–Crippen MR) is 85.1 cm³/mol. The van der Waals surface area contributed by atoms with Crippen molar-refractivity contribution in [3.63, 3.8) is 0 Å². The largest absolute Gasteiger partial charge is 0.497 e. The van der Waals surface area contributed by atoms with E-state index in [1.807, 2.05) is 24.3 Å². The molecule has 2 aromatic rings. The quantitative estimate of drug-likeness (QED) is 0.904. The number of aliphatic hydroxyl groups excluding tert-OH is 1. The number of hydrogen-bond acceptors (Lipinski definition) is 5. The lowest BCUT2D eigenvalue weighted by Gasteiger charge is -2.38. The average molecular weight is 316 g/mol. The van der Waals surface area contributed by atoms with Crippen molar-refractivity contribution in [1.29, 1.82) is 0 Å². The van der Waals surface area contributed by atoms with Gasteiger partial charge in [0.25, 0.3) is 0 Å². The van der Waals surface area contributed by atoms with Crippen LogP contribution in [-0.2, 0) is 6.42 Å². The van der Waals surface area contributed by atoms with E-state index in [1.165, 1.54) is 0 Å². The van der Waals surface area contributed by atoms with Crippen molar-refractivity contribution in [1.82, 2.24) is 0 Å². The Morgan fingerprint density at radius 3 is 2.39 bits per heavy atom. The fourth-order valence-corrected chi connectivity index (χ4v) is 2.81. The molecule has 0 saturated heterocycles. The van der Waals surface area contributed by atoms with Crippen molar-refractivity contribution >= 4 is 0 Å². The Balaban J connectivity index is 1.84. The van der Waals surface area contributed by atoms with E-state index in [2.05, 4.69) is 0 Å². The number of rotatable bonds is 4. The van der Waals surface area contributed by atoms with Crippen LogP contribution in [0.5, 0.6) is 17.2 Å². The molecule has 0 spiro atoms. The minimum absolute atomic E-state index is 0.0142. The molecule has 122 valence electrons. The fraction of sp³-hybridized carbons (Fsp3) is 0.333. The second-order valence-corrected chi connectivity index (χ2v) is 5.72. The fourth-order valence-electron chi connectivity index (χ4n) is 2.81. The van der Waals surface area contributed by atoms with Crippen LogP contribution < -0.4 is 14.2 Å². The van der Waals surface area contributed by atoms with E-state index in [-0.39, 0.29) is 13.0 Å². The van der Waals surface area contributed by atoms with Gasteiger partial charge in [-0.2, -0.15) is 0 Å². The summed E-state index contributed by atoms with van der Waals surface area (Å²) in [6.07, 6.45) is -0.747. The standard InChI is InChI=1S/C18H20O5/c1-21-13-5-3-12(4-6-13)10-18(20)11-23-16-9-14(22-2)7-8-15(16)17(18)19/h3-9,17,19-20H,10-11H2,1-2H3/t17-,18+/m0/s1. The first-order valence-corrected chi connectivity index (χ1v) is 7.40. The molecule has 23 heavy (non-hydrogen) atoms. The zero-order chi connectivity index (χ0) is 16.4. The van der Waals surface area contributed by atoms with E-state index in [4.69, 9.17) is 14.2 Å². The van der Waals surface area contributed by atoms with Gasteiger partial charge in [-0.15, -0.1) is 0 Å². The Bertz CT molecular complexity index is 682. The van der Waals surface area contributed by atoms with Crippen molar-refractivity contribution in [2.45, 2.75) is 18.1 Å². The molecule has 0 saturated carbocycles. The molecule has 5 nitrogen and oxygen atoms in total. The summed E-state index contributed by atoms with van der Waals surface area (Å²) in [4.78, 5) is 0. The molecule has 3 rings (SSSR count). The van der Waals surface area contributed by atoms with E-state index < -0.39 is 11.7 Å². The molecule has 1 aliphatic heterocycles. The third kappa shape index (κ3) is 2.98. The second kappa shape index (κ2) is 6.10. The molecule has 5 heteroatoms. The van der Waals surface area contributed by atoms with Crippen molar-refractivity contribution in [3.8, 4) is 17.2 Å². The molecule has 0 radical (unpaired) electrons. The van der Waals surface area contributed by atoms with Crippen molar-refractivity contribution in [3.05, 3.63) is 53.6 Å². The number of fused-ring (bicyclic) bond motifs is 1. The highest BCUT2D eigenvalue weighted by molar-refractivity contribution is 5.45. The van der Waals surface area contributed by atoms with Gasteiger partial charge in [0.2, 0.25) is 0 Å². The summed E-state index contributed by atoms with van der Waals surface area (Å²) in [5, 5.41) is 21.5. The summed E-state index contributed by atoms with van der Waals surface area (Å²) in [5.74, 6) is 1.94. The Hall–Kier alpha value is -2.24. The summed E-state index contributed by atoms with van der Waals surface area (Å²) in [5.41, 5.74) is 0.0804. The highest BCUT2D eigenvalue weighted by atomic mass is 16.5. The SMILES string of the molecule is COc1ccc(C[C@@]2(O)COc3cc(OC)ccc3[C@@H]2O)cc1. The van der Waals surface area contributed by atoms with Crippen LogP contribution in [0.3, 0.4) is 0 Å². The van der Waals surface area contributed by atoms with E-state index in [1.54, 1.807) is 32.4 Å². The van der Waals surface area contributed by atoms with Crippen LogP contribution in [0, 0.1) is 0 Å². The van der Waals surface area contributed by atoms with E-state index >= 15 is 0 Å². The number of hydrogen-bond donors (Lipinski definition) is 2. The number of methoxy groups -OCH3 is 2. The van der Waals surface area contributed by atoms with Gasteiger partial charge in [0.15, 0.2) is 0 Å². The van der Waals surface area contributed by atoms with Crippen molar-refractivity contribution in [2.75, 3.05) is 20.8 Å². The molecule has 0 aromatic heterocycles. The summed E-state index contributed by atoms with van der Waals surface area (Å²) in [7, 11) is 3.17. The lowest BCUT2D eigenvalue weighted by atomic mass is 9.84. The maximum Gasteiger partial charge on any atom is 0.133 e. The van der Waals surface area contributed by atoms with Gasteiger partial charge in [0.05, 0.1) is 14.2 Å². The summed E-state index contributed by atoms with van der Waals surface area (Å²) >= 11 is 0. The molecule has 2 aromatic carbocycles. The topological polar surface area (TPSA) is 68.2 Å². The third-order valence-corrected chi connectivity index (χ3v) is 4.17. The molecule has 0 amide bonds. The van der Waals surface area contributed by atoms with Crippen LogP contribution in [0.2, 0.25) is 0 Å². The molecular formula is C18H20O5. The van der Waals surface area contributed by atoms with Gasteiger partial charge in [-0.25, -0.2) is 0 Å². The van der Waals surface area contributed by atoms with Crippen LogP contribution in [-0.4, -0.2) is 36.6 Å². The van der Waals surface area contributed by atoms with Gasteiger partial charge >= 0.3 is 0 Å². The molecule has 0 unspecified atom stereocenters. The monoisotopic (exact) mass is 316 g/mol. The minimum Gasteiger partial charge on any atom is -0.497 e. The van der Waals surface area contributed by atoms with Gasteiger partial charge in [0, 0.05) is 18.1 Å². The first-order chi connectivity index (χ1) is 11.1. The summed E-state index contributed by atoms with van der Waals surface area (Å²) in [6, 6.07) is 12.6. The predicted octanol–water partition coefficient (Wildman–Crippen LogP) is 2.10. The normalized spacial score (nSPS) is 22.9. The molecule has 0 aliphatic carbocycles. The van der Waals surface area contributed by atoms with Gasteiger partial charge in [-0.3, -0.25) is 0 Å². The van der Waals surface area contributed by atoms with Gasteiger partial charge in [0.1, 0.15) is 35.6 Å². The molecule has 0 fully saturated rings. The molecule has 1 heterocycles. The summed E-state index contributed by atoms with van der Waals surface area (Å²) < 4.78 is 15.9. The summed E-state index contributed by atoms with van der Waals surface area (Å²) in [6.45, 7) is 0.0142. The van der Waals surface area contributed by atoms with Crippen LogP contribution in [0.15, 0.2) is 42.5 Å². The lowest BCUT2D eigenvalue weighted by molar-refractivity contribution is -0.114. The zero-order valence-corrected chi connectivity index (χ0v) is 13.2. The first kappa shape index (κ1) is 15.6. The van der Waals surface area contributed by atoms with Crippen LogP contribution in [0.1, 0.15) is 17.2 Å². The first-order valence-electron chi connectivity index (χ1n) is 7.40. The number of benzene rings is 2. The molecule has 1 aliphatic rings. The molecular weight excluding hydrogens is 296 g/mol. The molecule has 2 atom stereocenters. The maximum atomic E-state index is 10.9. The van der Waals surface area contributed by atoms with Crippen LogP contribution in [0.25, 0.3) is 0 Å². The Morgan fingerprint density at radius 1 is 1.09 bits per heavy atom. The van der Waals surface area contributed by atoms with Crippen LogP contribution >= 0.6 is 0 Å². The highest BCUT2D eigenvalue weighted by Gasteiger charge is 2.42. The van der Waals surface area contributed by atoms with E-state index in [9.17, 15) is 10.2 Å². The molecule has 2 N–H and O–H groups in total.